The van der Waals surface area contributed by atoms with Gasteiger partial charge < -0.3 is 34.9 Å². The first kappa shape index (κ1) is 31.7. The third-order valence-electron chi connectivity index (χ3n) is 9.78. The van der Waals surface area contributed by atoms with Crippen LogP contribution in [0.4, 0.5) is 5.69 Å². The van der Waals surface area contributed by atoms with Crippen molar-refractivity contribution in [2.45, 2.75) is 76.0 Å². The quantitative estimate of drug-likeness (QED) is 0.261. The van der Waals surface area contributed by atoms with Crippen LogP contribution in [0, 0.1) is 11.8 Å². The molecule has 11 nitrogen and oxygen atoms in total. The minimum atomic E-state index is -1.04. The van der Waals surface area contributed by atoms with Crippen LogP contribution < -0.4 is 15.4 Å². The molecule has 43 heavy (non-hydrogen) atoms. The number of hydrogen-bond donors (Lipinski definition) is 3. The summed E-state index contributed by atoms with van der Waals surface area (Å²) in [7, 11) is 0. The van der Waals surface area contributed by atoms with Crippen molar-refractivity contribution in [2.24, 2.45) is 11.8 Å². The number of carbonyl (C=O) groups is 3. The lowest BCUT2D eigenvalue weighted by Crippen LogP contribution is -2.56. The predicted octanol–water partition coefficient (Wildman–Crippen LogP) is 2.18. The van der Waals surface area contributed by atoms with E-state index in [1.807, 2.05) is 26.0 Å². The summed E-state index contributed by atoms with van der Waals surface area (Å²) in [6, 6.07) is 6.43. The van der Waals surface area contributed by atoms with Crippen molar-refractivity contribution in [3.63, 3.8) is 0 Å². The number of rotatable bonds is 15. The molecule has 3 N–H and O–H groups in total. The van der Waals surface area contributed by atoms with Crippen LogP contribution in [0.25, 0.3) is 0 Å². The van der Waals surface area contributed by atoms with Crippen LogP contribution in [-0.2, 0) is 23.9 Å². The molecule has 5 rings (SSSR count). The number of morpholine rings is 1. The number of nitrogens with one attached hydrogen (secondary N) is 2. The van der Waals surface area contributed by atoms with Crippen LogP contribution in [0.3, 0.4) is 0 Å². The largest absolute Gasteiger partial charge is 0.494 e. The van der Waals surface area contributed by atoms with Crippen molar-refractivity contribution in [1.82, 2.24) is 15.1 Å². The van der Waals surface area contributed by atoms with Gasteiger partial charge in [0.1, 0.15) is 17.4 Å². The third-order valence-corrected chi connectivity index (χ3v) is 9.78. The van der Waals surface area contributed by atoms with Crippen LogP contribution in [0.1, 0.15) is 58.8 Å². The molecule has 4 fully saturated rings. The fourth-order valence-corrected chi connectivity index (χ4v) is 7.68. The number of benzene rings is 1. The lowest BCUT2D eigenvalue weighted by Gasteiger charge is -2.34. The lowest BCUT2D eigenvalue weighted by molar-refractivity contribution is -0.146. The van der Waals surface area contributed by atoms with Gasteiger partial charge in [-0.05, 0) is 63.3 Å². The average molecular weight is 601 g/mol. The number of likely N-dealkylation sites (tertiary alicyclic amines) is 1. The number of nitrogens with zero attached hydrogens (tertiary/aromatic N) is 2. The number of aliphatic hydroxyl groups excluding tert-OH is 1. The Balaban J connectivity index is 1.36. The van der Waals surface area contributed by atoms with Gasteiger partial charge in [-0.1, -0.05) is 19.8 Å². The molecule has 4 aliphatic rings. The van der Waals surface area contributed by atoms with Crippen LogP contribution in [0.5, 0.6) is 5.75 Å². The molecule has 0 saturated carbocycles. The zero-order valence-electron chi connectivity index (χ0n) is 25.6. The summed E-state index contributed by atoms with van der Waals surface area (Å²) in [6.07, 6.45) is 4.88. The monoisotopic (exact) mass is 600 g/mol. The van der Waals surface area contributed by atoms with Gasteiger partial charge in [-0.3, -0.25) is 19.3 Å². The van der Waals surface area contributed by atoms with E-state index in [-0.39, 0.29) is 24.3 Å². The van der Waals surface area contributed by atoms with Crippen molar-refractivity contribution in [3.8, 4) is 5.75 Å². The Labute approximate surface area is 254 Å². The number of unbranched alkanes of at least 4 members (excludes halogenated alkanes) is 3. The zero-order valence-corrected chi connectivity index (χ0v) is 25.6. The maximum absolute atomic E-state index is 14.3. The van der Waals surface area contributed by atoms with E-state index in [0.717, 1.165) is 31.7 Å². The minimum absolute atomic E-state index is 0.139. The second-order valence-corrected chi connectivity index (χ2v) is 12.2. The first-order valence-electron chi connectivity index (χ1n) is 16.1. The molecule has 3 amide bonds. The Hall–Kier alpha value is -2.73. The van der Waals surface area contributed by atoms with Gasteiger partial charge in [0.2, 0.25) is 17.7 Å². The fourth-order valence-electron chi connectivity index (χ4n) is 7.68. The van der Waals surface area contributed by atoms with E-state index in [9.17, 15) is 19.5 Å². The summed E-state index contributed by atoms with van der Waals surface area (Å²) in [5.41, 5.74) is -1.21. The molecule has 4 heterocycles. The van der Waals surface area contributed by atoms with Gasteiger partial charge in [-0.2, -0.15) is 0 Å². The van der Waals surface area contributed by atoms with Gasteiger partial charge >= 0.3 is 0 Å². The molecule has 1 spiro atoms. The predicted molar refractivity (Wildman–Crippen MR) is 161 cm³/mol. The maximum atomic E-state index is 14.3. The topological polar surface area (TPSA) is 130 Å². The smallest absolute Gasteiger partial charge is 0.245 e. The Morgan fingerprint density at radius 2 is 1.77 bits per heavy atom. The molecular formula is C32H48N4O7. The number of ether oxygens (including phenoxy) is 3. The van der Waals surface area contributed by atoms with Gasteiger partial charge in [0.25, 0.3) is 0 Å². The molecule has 0 aromatic heterocycles. The summed E-state index contributed by atoms with van der Waals surface area (Å²) in [6.45, 7) is 9.23. The van der Waals surface area contributed by atoms with Gasteiger partial charge in [-0.25, -0.2) is 0 Å². The Kier molecular flexibility index (Phi) is 10.3. The Morgan fingerprint density at radius 1 is 1.02 bits per heavy atom. The molecule has 5 atom stereocenters. The van der Waals surface area contributed by atoms with Crippen molar-refractivity contribution in [2.75, 3.05) is 64.5 Å². The van der Waals surface area contributed by atoms with Gasteiger partial charge in [0.05, 0.1) is 37.3 Å². The second-order valence-electron chi connectivity index (χ2n) is 12.2. The number of carbonyl (C=O) groups excluding carboxylic acids is 3. The molecule has 4 saturated heterocycles. The van der Waals surface area contributed by atoms with Crippen LogP contribution in [0.15, 0.2) is 24.3 Å². The number of anilines is 1. The average Bonchev–Trinajstić information content (AvgIpc) is 3.62. The highest BCUT2D eigenvalue weighted by Crippen LogP contribution is 2.64. The third kappa shape index (κ3) is 6.27. The molecule has 1 aromatic rings. The number of amides is 3. The van der Waals surface area contributed by atoms with E-state index < -0.39 is 29.1 Å². The first-order chi connectivity index (χ1) is 20.9. The molecule has 11 heteroatoms. The number of fused-ring (bicyclic) bond motifs is 1. The fraction of sp³-hybridized carbons (Fsp3) is 0.719. The maximum Gasteiger partial charge on any atom is 0.245 e. The van der Waals surface area contributed by atoms with E-state index in [0.29, 0.717) is 77.2 Å². The molecule has 2 bridgehead atoms. The van der Waals surface area contributed by atoms with E-state index in [4.69, 9.17) is 14.2 Å². The molecule has 238 valence electrons. The molecular weight excluding hydrogens is 552 g/mol. The zero-order chi connectivity index (χ0) is 30.5. The Morgan fingerprint density at radius 3 is 2.47 bits per heavy atom. The minimum Gasteiger partial charge on any atom is -0.494 e. The van der Waals surface area contributed by atoms with Gasteiger partial charge in [-0.15, -0.1) is 0 Å². The highest BCUT2D eigenvalue weighted by molar-refractivity contribution is 6.02. The van der Waals surface area contributed by atoms with Gasteiger partial charge in [0.15, 0.2) is 0 Å². The lowest BCUT2D eigenvalue weighted by atomic mass is 9.65. The summed E-state index contributed by atoms with van der Waals surface area (Å²) < 4.78 is 17.8. The highest BCUT2D eigenvalue weighted by atomic mass is 16.5. The van der Waals surface area contributed by atoms with Gasteiger partial charge in [0, 0.05) is 45.0 Å². The van der Waals surface area contributed by atoms with Crippen LogP contribution in [0.2, 0.25) is 0 Å². The van der Waals surface area contributed by atoms with Crippen LogP contribution in [-0.4, -0.2) is 109 Å². The van der Waals surface area contributed by atoms with E-state index in [1.165, 1.54) is 0 Å². The van der Waals surface area contributed by atoms with Crippen molar-refractivity contribution < 1.29 is 33.7 Å². The Bertz CT molecular complexity index is 1130. The number of aliphatic hydroxyl groups is 1. The van der Waals surface area contributed by atoms with E-state index in [1.54, 1.807) is 17.0 Å². The highest BCUT2D eigenvalue weighted by Gasteiger charge is 2.78. The molecule has 1 aromatic carbocycles. The van der Waals surface area contributed by atoms with E-state index in [2.05, 4.69) is 15.5 Å². The van der Waals surface area contributed by atoms with Crippen molar-refractivity contribution >= 4 is 23.4 Å². The van der Waals surface area contributed by atoms with Crippen LogP contribution >= 0.6 is 0 Å². The molecule has 4 aliphatic heterocycles. The molecule has 0 aliphatic carbocycles. The summed E-state index contributed by atoms with van der Waals surface area (Å²) in [5.74, 6) is -1.33. The van der Waals surface area contributed by atoms with Crippen molar-refractivity contribution in [1.29, 1.82) is 0 Å². The molecule has 2 unspecified atom stereocenters. The summed E-state index contributed by atoms with van der Waals surface area (Å²) in [4.78, 5) is 46.2. The van der Waals surface area contributed by atoms with E-state index >= 15 is 0 Å². The second kappa shape index (κ2) is 13.9. The standard InChI is InChI=1S/C32H48N4O7/c1-3-31-13-14-32(43-31)26(25(31)28(38)34-23-9-11-24(12-10-23)42-4-2)30(40)36(16-7-5-6-8-20-37)27(32)29(39)33-15-17-35-18-21-41-22-19-35/h9-12,25-27,37H,3-8,13-22H2,1-2H3,(H,33,39)(H,34,38)/t25-,26-,27?,31+,32?/m0/s1. The molecule has 0 radical (unpaired) electrons. The number of hydrogen-bond acceptors (Lipinski definition) is 8. The van der Waals surface area contributed by atoms with Crippen molar-refractivity contribution in [3.05, 3.63) is 24.3 Å². The summed E-state index contributed by atoms with van der Waals surface area (Å²) in [5, 5.41) is 15.3. The summed E-state index contributed by atoms with van der Waals surface area (Å²) >= 11 is 0. The first-order valence-corrected chi connectivity index (χ1v) is 16.1. The normalized spacial score (nSPS) is 30.0. The SMILES string of the molecule is CCOc1ccc(NC(=O)[C@@H]2[C@H]3C(=O)N(CCCCCCO)C(C(=O)NCCN4CCOCC4)C34CC[C@@]2(CC)O4)cc1.